The van der Waals surface area contributed by atoms with Crippen LogP contribution < -0.4 is 5.73 Å². The zero-order valence-corrected chi connectivity index (χ0v) is 9.38. The van der Waals surface area contributed by atoms with E-state index < -0.39 is 17.3 Å². The number of benzene rings is 1. The SMILES string of the molecule is NCC(O)C1(c2ccc(F)c(Cl)c2)COC1. The number of aliphatic hydroxyl groups excluding tert-OH is 1. The summed E-state index contributed by atoms with van der Waals surface area (Å²) >= 11 is 5.72. The fourth-order valence-corrected chi connectivity index (χ4v) is 2.09. The number of hydrogen-bond donors (Lipinski definition) is 2. The molecule has 5 heteroatoms. The predicted octanol–water partition coefficient (Wildman–Crippen LogP) is 1.07. The first-order valence-corrected chi connectivity index (χ1v) is 5.39. The molecular formula is C11H13ClFNO2. The minimum absolute atomic E-state index is 0.0491. The van der Waals surface area contributed by atoms with E-state index in [-0.39, 0.29) is 11.6 Å². The van der Waals surface area contributed by atoms with Crippen LogP contribution in [0.2, 0.25) is 5.02 Å². The van der Waals surface area contributed by atoms with Crippen molar-refractivity contribution in [3.63, 3.8) is 0 Å². The quantitative estimate of drug-likeness (QED) is 0.838. The lowest BCUT2D eigenvalue weighted by atomic mass is 9.74. The second-order valence-electron chi connectivity index (χ2n) is 4.03. The van der Waals surface area contributed by atoms with Gasteiger partial charge in [0.15, 0.2) is 0 Å². The van der Waals surface area contributed by atoms with Gasteiger partial charge in [0.1, 0.15) is 5.82 Å². The zero-order valence-electron chi connectivity index (χ0n) is 8.62. The number of aliphatic hydroxyl groups is 1. The molecule has 0 amide bonds. The molecule has 1 heterocycles. The van der Waals surface area contributed by atoms with E-state index in [4.69, 9.17) is 22.1 Å². The van der Waals surface area contributed by atoms with Gasteiger partial charge in [-0.3, -0.25) is 0 Å². The summed E-state index contributed by atoms with van der Waals surface area (Å²) in [4.78, 5) is 0. The minimum atomic E-state index is -0.706. The standard InChI is InChI=1S/C11H13ClFNO2/c12-8-3-7(1-2-9(8)13)11(5-16-6-11)10(15)4-14/h1-3,10,15H,4-6,14H2. The summed E-state index contributed by atoms with van der Waals surface area (Å²) in [7, 11) is 0. The summed E-state index contributed by atoms with van der Waals surface area (Å²) in [5, 5.41) is 9.95. The first kappa shape index (κ1) is 11.8. The van der Waals surface area contributed by atoms with Crippen molar-refractivity contribution in [1.82, 2.24) is 0 Å². The molecule has 1 atom stereocenters. The van der Waals surface area contributed by atoms with E-state index in [1.807, 2.05) is 0 Å². The molecule has 88 valence electrons. The van der Waals surface area contributed by atoms with Crippen LogP contribution in [0.4, 0.5) is 4.39 Å². The highest BCUT2D eigenvalue weighted by Crippen LogP contribution is 2.37. The maximum atomic E-state index is 13.0. The highest BCUT2D eigenvalue weighted by atomic mass is 35.5. The Kier molecular flexibility index (Phi) is 3.17. The third kappa shape index (κ3) is 1.72. The van der Waals surface area contributed by atoms with Crippen LogP contribution in [0.1, 0.15) is 5.56 Å². The van der Waals surface area contributed by atoms with E-state index in [1.165, 1.54) is 12.1 Å². The van der Waals surface area contributed by atoms with Crippen molar-refractivity contribution in [3.05, 3.63) is 34.6 Å². The Labute approximate surface area is 98.0 Å². The van der Waals surface area contributed by atoms with Crippen molar-refractivity contribution in [2.45, 2.75) is 11.5 Å². The molecule has 1 aromatic rings. The Morgan fingerprint density at radius 1 is 1.56 bits per heavy atom. The lowest BCUT2D eigenvalue weighted by Crippen LogP contribution is -2.57. The van der Waals surface area contributed by atoms with Crippen molar-refractivity contribution in [2.75, 3.05) is 19.8 Å². The van der Waals surface area contributed by atoms with Crippen LogP contribution in [0.3, 0.4) is 0 Å². The Morgan fingerprint density at radius 3 is 2.69 bits per heavy atom. The molecule has 2 rings (SSSR count). The number of hydrogen-bond acceptors (Lipinski definition) is 3. The van der Waals surface area contributed by atoms with Crippen molar-refractivity contribution in [3.8, 4) is 0 Å². The van der Waals surface area contributed by atoms with Gasteiger partial charge in [-0.05, 0) is 17.7 Å². The van der Waals surface area contributed by atoms with Crippen molar-refractivity contribution in [2.24, 2.45) is 5.73 Å². The summed E-state index contributed by atoms with van der Waals surface area (Å²) < 4.78 is 18.2. The van der Waals surface area contributed by atoms with Crippen LogP contribution in [0.5, 0.6) is 0 Å². The second kappa shape index (κ2) is 4.30. The van der Waals surface area contributed by atoms with Crippen LogP contribution >= 0.6 is 11.6 Å². The van der Waals surface area contributed by atoms with Crippen molar-refractivity contribution < 1.29 is 14.2 Å². The topological polar surface area (TPSA) is 55.5 Å². The van der Waals surface area contributed by atoms with Crippen LogP contribution in [0.25, 0.3) is 0 Å². The van der Waals surface area contributed by atoms with Crippen LogP contribution in [0.15, 0.2) is 18.2 Å². The molecule has 1 saturated heterocycles. The second-order valence-corrected chi connectivity index (χ2v) is 4.44. The first-order chi connectivity index (χ1) is 7.60. The van der Waals surface area contributed by atoms with E-state index in [0.29, 0.717) is 13.2 Å². The van der Waals surface area contributed by atoms with E-state index in [2.05, 4.69) is 0 Å². The van der Waals surface area contributed by atoms with Crippen LogP contribution in [-0.4, -0.2) is 31.0 Å². The van der Waals surface area contributed by atoms with Crippen LogP contribution in [-0.2, 0) is 10.2 Å². The average molecular weight is 246 g/mol. The molecule has 1 aromatic carbocycles. The molecule has 3 N–H and O–H groups in total. The molecule has 3 nitrogen and oxygen atoms in total. The first-order valence-electron chi connectivity index (χ1n) is 5.01. The highest BCUT2D eigenvalue weighted by Gasteiger charge is 2.46. The Balaban J connectivity index is 2.37. The molecule has 0 spiro atoms. The highest BCUT2D eigenvalue weighted by molar-refractivity contribution is 6.30. The number of halogens is 2. The molecule has 1 unspecified atom stereocenters. The molecule has 16 heavy (non-hydrogen) atoms. The number of nitrogens with two attached hydrogens (primary N) is 1. The van der Waals surface area contributed by atoms with Gasteiger partial charge in [-0.1, -0.05) is 17.7 Å². The molecular weight excluding hydrogens is 233 g/mol. The van der Waals surface area contributed by atoms with Crippen molar-refractivity contribution >= 4 is 11.6 Å². The fraction of sp³-hybridized carbons (Fsp3) is 0.455. The molecule has 0 saturated carbocycles. The Bertz CT molecular complexity index is 396. The summed E-state index contributed by atoms with van der Waals surface area (Å²) in [5.41, 5.74) is 5.69. The van der Waals surface area contributed by atoms with Gasteiger partial charge in [-0.2, -0.15) is 0 Å². The summed E-state index contributed by atoms with van der Waals surface area (Å²) in [5.74, 6) is -0.469. The van der Waals surface area contributed by atoms with Gasteiger partial charge < -0.3 is 15.6 Å². The third-order valence-corrected chi connectivity index (χ3v) is 3.36. The smallest absolute Gasteiger partial charge is 0.141 e. The maximum absolute atomic E-state index is 13.0. The molecule has 0 bridgehead atoms. The zero-order chi connectivity index (χ0) is 11.8. The van der Waals surface area contributed by atoms with Gasteiger partial charge in [0.05, 0.1) is 29.8 Å². The van der Waals surface area contributed by atoms with Gasteiger partial charge in [0, 0.05) is 6.54 Å². The van der Waals surface area contributed by atoms with E-state index in [0.717, 1.165) is 5.56 Å². The molecule has 1 aliphatic heterocycles. The molecule has 0 aromatic heterocycles. The molecule has 0 radical (unpaired) electrons. The Hall–Kier alpha value is -0.680. The number of rotatable bonds is 3. The minimum Gasteiger partial charge on any atom is -0.391 e. The predicted molar refractivity (Wildman–Crippen MR) is 59.0 cm³/mol. The van der Waals surface area contributed by atoms with Gasteiger partial charge in [-0.25, -0.2) is 4.39 Å². The van der Waals surface area contributed by atoms with Gasteiger partial charge in [0.25, 0.3) is 0 Å². The lowest BCUT2D eigenvalue weighted by Gasteiger charge is -2.45. The summed E-state index contributed by atoms with van der Waals surface area (Å²) in [6, 6.07) is 4.43. The number of ether oxygens (including phenoxy) is 1. The Morgan fingerprint density at radius 2 is 2.25 bits per heavy atom. The fourth-order valence-electron chi connectivity index (χ4n) is 1.90. The third-order valence-electron chi connectivity index (χ3n) is 3.07. The van der Waals surface area contributed by atoms with Crippen molar-refractivity contribution in [1.29, 1.82) is 0 Å². The van der Waals surface area contributed by atoms with E-state index >= 15 is 0 Å². The van der Waals surface area contributed by atoms with Gasteiger partial charge >= 0.3 is 0 Å². The van der Waals surface area contributed by atoms with Gasteiger partial charge in [0.2, 0.25) is 0 Å². The van der Waals surface area contributed by atoms with E-state index in [9.17, 15) is 9.50 Å². The maximum Gasteiger partial charge on any atom is 0.141 e. The van der Waals surface area contributed by atoms with Crippen LogP contribution in [0, 0.1) is 5.82 Å². The van der Waals surface area contributed by atoms with Gasteiger partial charge in [-0.15, -0.1) is 0 Å². The summed E-state index contributed by atoms with van der Waals surface area (Å²) in [6.45, 7) is 0.902. The average Bonchev–Trinajstić information content (AvgIpc) is 2.21. The summed E-state index contributed by atoms with van der Waals surface area (Å²) in [6.07, 6.45) is -0.706. The molecule has 1 fully saturated rings. The van der Waals surface area contributed by atoms with E-state index in [1.54, 1.807) is 6.07 Å². The lowest BCUT2D eigenvalue weighted by molar-refractivity contribution is -0.116. The largest absolute Gasteiger partial charge is 0.391 e. The molecule has 0 aliphatic carbocycles. The monoisotopic (exact) mass is 245 g/mol. The molecule has 1 aliphatic rings. The normalized spacial score (nSPS) is 20.2.